The third kappa shape index (κ3) is 5.76. The maximum absolute atomic E-state index is 13.0. The second-order valence-corrected chi connectivity index (χ2v) is 12.5. The van der Waals surface area contributed by atoms with Gasteiger partial charge in [-0.3, -0.25) is 0 Å². The van der Waals surface area contributed by atoms with E-state index in [0.717, 1.165) is 25.7 Å². The van der Waals surface area contributed by atoms with Crippen molar-refractivity contribution >= 4 is 11.9 Å². The van der Waals surface area contributed by atoms with Gasteiger partial charge in [0.15, 0.2) is 0 Å². The topological polar surface area (TPSA) is 104 Å². The smallest absolute Gasteiger partial charge is 0.0481 e. The molecule has 0 aliphatic carbocycles. The summed E-state index contributed by atoms with van der Waals surface area (Å²) in [7, 11) is 0. The van der Waals surface area contributed by atoms with Gasteiger partial charge in [0, 0.05) is 39.5 Å². The van der Waals surface area contributed by atoms with E-state index in [0.29, 0.717) is 12.8 Å². The van der Waals surface area contributed by atoms with Gasteiger partial charge in [-0.15, -0.1) is 0 Å². The lowest BCUT2D eigenvalue weighted by molar-refractivity contribution is -0.329. The molecule has 2 saturated heterocycles. The summed E-state index contributed by atoms with van der Waals surface area (Å²) in [5, 5.41) is 31.5. The summed E-state index contributed by atoms with van der Waals surface area (Å²) in [6.45, 7) is 17.0. The van der Waals surface area contributed by atoms with Gasteiger partial charge in [0.05, 0.1) is 0 Å². The molecule has 0 amide bonds. The van der Waals surface area contributed by atoms with E-state index in [1.165, 1.54) is 0 Å². The molecule has 0 aromatic carbocycles. The Labute approximate surface area is 182 Å². The van der Waals surface area contributed by atoms with Gasteiger partial charge in [-0.25, -0.2) is 0 Å². The molecule has 2 heterocycles. The molecule has 2 aliphatic heterocycles. The van der Waals surface area contributed by atoms with E-state index in [9.17, 15) is 19.8 Å². The van der Waals surface area contributed by atoms with Crippen molar-refractivity contribution in [3.63, 3.8) is 0 Å². The summed E-state index contributed by atoms with van der Waals surface area (Å²) >= 11 is 0. The van der Waals surface area contributed by atoms with Crippen LogP contribution in [0.4, 0.5) is 0 Å². The van der Waals surface area contributed by atoms with E-state index < -0.39 is 17.4 Å². The van der Waals surface area contributed by atoms with Crippen LogP contribution in [0.3, 0.4) is 0 Å². The van der Waals surface area contributed by atoms with E-state index in [1.807, 2.05) is 0 Å². The highest BCUT2D eigenvalue weighted by atomic mass is 16.4. The zero-order chi connectivity index (χ0) is 23.2. The Hall–Kier alpha value is -1.14. The second-order valence-electron chi connectivity index (χ2n) is 12.5. The maximum Gasteiger partial charge on any atom is 0.0481 e. The average Bonchev–Trinajstić information content (AvgIpc) is 2.44. The van der Waals surface area contributed by atoms with E-state index in [2.05, 4.69) is 66.0 Å². The number of rotatable bonds is 7. The monoisotopic (exact) mass is 422 g/mol. The molecule has 0 radical (unpaired) electrons. The largest absolute Gasteiger partial charge is 0.550 e. The van der Waals surface area contributed by atoms with Crippen molar-refractivity contribution < 1.29 is 19.8 Å². The van der Waals surface area contributed by atoms with Crippen molar-refractivity contribution in [2.75, 3.05) is 0 Å². The number of carboxylic acids is 2. The number of carbonyl (C=O) groups is 2. The van der Waals surface area contributed by atoms with E-state index in [1.54, 1.807) is 0 Å². The fourth-order valence-corrected chi connectivity index (χ4v) is 7.08. The van der Waals surface area contributed by atoms with Crippen LogP contribution in [0.5, 0.6) is 0 Å². The zero-order valence-electron chi connectivity index (χ0n) is 20.2. The van der Waals surface area contributed by atoms with Crippen molar-refractivity contribution in [3.05, 3.63) is 0 Å². The molecule has 6 nitrogen and oxygen atoms in total. The molecule has 30 heavy (non-hydrogen) atoms. The molecule has 0 unspecified atom stereocenters. The average molecular weight is 423 g/mol. The summed E-state index contributed by atoms with van der Waals surface area (Å²) in [4.78, 5) is 24.2. The first-order valence-electron chi connectivity index (χ1n) is 11.4. The zero-order valence-corrected chi connectivity index (χ0v) is 20.2. The molecule has 6 heteroatoms. The lowest BCUT2D eigenvalue weighted by Crippen LogP contribution is -2.67. The van der Waals surface area contributed by atoms with Gasteiger partial charge < -0.3 is 30.4 Å². The second kappa shape index (κ2) is 8.09. The Balaban J connectivity index is 2.55. The molecule has 0 aromatic heterocycles. The molecular formula is C24H42N2O4-2. The number of nitrogens with one attached hydrogen (secondary N) is 2. The first kappa shape index (κ1) is 25.1. The lowest BCUT2D eigenvalue weighted by atomic mass is 9.52. The fourth-order valence-electron chi connectivity index (χ4n) is 7.08. The quantitative estimate of drug-likeness (QED) is 0.648. The Morgan fingerprint density at radius 3 is 1.37 bits per heavy atom. The summed E-state index contributed by atoms with van der Waals surface area (Å²) in [6, 6.07) is 0. The van der Waals surface area contributed by atoms with Crippen LogP contribution in [0.2, 0.25) is 0 Å². The normalized spacial score (nSPS) is 26.3. The van der Waals surface area contributed by atoms with E-state index >= 15 is 0 Å². The minimum absolute atomic E-state index is 0.0924. The molecule has 2 aliphatic rings. The van der Waals surface area contributed by atoms with Crippen molar-refractivity contribution in [2.45, 2.75) is 122 Å². The number of carbonyl (C=O) groups excluding carboxylic acids is 2. The van der Waals surface area contributed by atoms with Crippen molar-refractivity contribution in [3.8, 4) is 0 Å². The third-order valence-electron chi connectivity index (χ3n) is 7.19. The molecule has 0 bridgehead atoms. The summed E-state index contributed by atoms with van der Waals surface area (Å²) in [5.41, 5.74) is -1.90. The van der Waals surface area contributed by atoms with Crippen LogP contribution in [0, 0.1) is 17.3 Å². The summed E-state index contributed by atoms with van der Waals surface area (Å²) < 4.78 is 0. The highest BCUT2D eigenvalue weighted by Gasteiger charge is 2.55. The molecule has 2 fully saturated rings. The van der Waals surface area contributed by atoms with Gasteiger partial charge >= 0.3 is 0 Å². The number of carboxylic acid groups (broad SMARTS) is 2. The first-order chi connectivity index (χ1) is 13.4. The fraction of sp³-hybridized carbons (Fsp3) is 0.917. The number of aliphatic carboxylic acids is 2. The highest BCUT2D eigenvalue weighted by molar-refractivity contribution is 5.74. The Bertz CT molecular complexity index is 596. The summed E-state index contributed by atoms with van der Waals surface area (Å²) in [6.07, 6.45) is 3.38. The number of piperidine rings is 2. The van der Waals surface area contributed by atoms with E-state index in [-0.39, 0.29) is 40.4 Å². The summed E-state index contributed by atoms with van der Waals surface area (Å²) in [5.74, 6) is -2.33. The standard InChI is InChI=1S/C24H44N2O4/c1-20(2)12-16(13-21(3,4)25-20)24(19(29)30,11-9-10-18(27)28)17-14-22(5,6)26-23(7,8)15-17/h16-17,25-26H,9-15H2,1-8H3,(H,27,28)(H,29,30)/p-2. The third-order valence-corrected chi connectivity index (χ3v) is 7.19. The first-order valence-corrected chi connectivity index (χ1v) is 11.4. The Kier molecular flexibility index (Phi) is 6.77. The van der Waals surface area contributed by atoms with Crippen LogP contribution in [-0.4, -0.2) is 34.1 Å². The molecule has 174 valence electrons. The van der Waals surface area contributed by atoms with Gasteiger partial charge in [0.2, 0.25) is 0 Å². The van der Waals surface area contributed by atoms with Gasteiger partial charge in [0.25, 0.3) is 0 Å². The van der Waals surface area contributed by atoms with E-state index in [4.69, 9.17) is 0 Å². The Morgan fingerprint density at radius 1 is 0.767 bits per heavy atom. The molecule has 0 saturated carbocycles. The van der Waals surface area contributed by atoms with Gasteiger partial charge in [-0.2, -0.15) is 0 Å². The highest BCUT2D eigenvalue weighted by Crippen LogP contribution is 2.54. The minimum Gasteiger partial charge on any atom is -0.550 e. The van der Waals surface area contributed by atoms with Crippen LogP contribution in [0.25, 0.3) is 0 Å². The van der Waals surface area contributed by atoms with Crippen molar-refractivity contribution in [2.24, 2.45) is 17.3 Å². The maximum atomic E-state index is 13.0. The lowest BCUT2D eigenvalue weighted by Gasteiger charge is -2.59. The van der Waals surface area contributed by atoms with Crippen LogP contribution < -0.4 is 20.8 Å². The van der Waals surface area contributed by atoms with Gasteiger partial charge in [-0.05, 0) is 112 Å². The molecular weight excluding hydrogens is 380 g/mol. The van der Waals surface area contributed by atoms with Gasteiger partial charge in [-0.1, -0.05) is 0 Å². The predicted molar refractivity (Wildman–Crippen MR) is 114 cm³/mol. The molecule has 0 spiro atoms. The van der Waals surface area contributed by atoms with Crippen LogP contribution in [0.1, 0.15) is 100 Å². The van der Waals surface area contributed by atoms with Gasteiger partial charge in [0.1, 0.15) is 0 Å². The molecule has 2 rings (SSSR count). The predicted octanol–water partition coefficient (Wildman–Crippen LogP) is 1.76. The number of hydrogen-bond acceptors (Lipinski definition) is 6. The Morgan fingerprint density at radius 2 is 1.10 bits per heavy atom. The van der Waals surface area contributed by atoms with Crippen LogP contribution >= 0.6 is 0 Å². The van der Waals surface area contributed by atoms with Crippen molar-refractivity contribution in [1.82, 2.24) is 10.6 Å². The SMILES string of the molecule is CC1(C)CC(C(CCCC(=O)[O-])(C(=O)[O-])C2CC(C)(C)NC(C)(C)C2)CC(C)(C)N1. The molecule has 2 N–H and O–H groups in total. The van der Waals surface area contributed by atoms with Crippen molar-refractivity contribution in [1.29, 1.82) is 0 Å². The number of hydrogen-bond donors (Lipinski definition) is 2. The molecule has 0 aromatic rings. The van der Waals surface area contributed by atoms with Crippen LogP contribution in [0.15, 0.2) is 0 Å². The minimum atomic E-state index is -1.13. The van der Waals surface area contributed by atoms with Crippen LogP contribution in [-0.2, 0) is 9.59 Å². The molecule has 0 atom stereocenters.